The zero-order valence-corrected chi connectivity index (χ0v) is 10.1. The first kappa shape index (κ1) is 11.4. The first-order chi connectivity index (χ1) is 7.07. The van der Waals surface area contributed by atoms with E-state index in [9.17, 15) is 5.11 Å². The molecule has 88 valence electrons. The van der Waals surface area contributed by atoms with Crippen LogP contribution < -0.4 is 5.32 Å². The minimum absolute atomic E-state index is 0.0949. The van der Waals surface area contributed by atoms with Crippen molar-refractivity contribution in [1.29, 1.82) is 0 Å². The van der Waals surface area contributed by atoms with Crippen molar-refractivity contribution in [3.05, 3.63) is 0 Å². The van der Waals surface area contributed by atoms with Gasteiger partial charge in [-0.3, -0.25) is 0 Å². The Balaban J connectivity index is 1.81. The van der Waals surface area contributed by atoms with Crippen LogP contribution in [0.4, 0.5) is 0 Å². The molecule has 2 rings (SSSR count). The predicted molar refractivity (Wildman–Crippen MR) is 62.8 cm³/mol. The summed E-state index contributed by atoms with van der Waals surface area (Å²) in [5.41, 5.74) is 0.511. The lowest BCUT2D eigenvalue weighted by Crippen LogP contribution is -2.46. The number of hydrogen-bond acceptors (Lipinski definition) is 2. The number of nitrogens with one attached hydrogen (secondary N) is 1. The van der Waals surface area contributed by atoms with Crippen molar-refractivity contribution in [3.63, 3.8) is 0 Å². The van der Waals surface area contributed by atoms with Gasteiger partial charge in [0.2, 0.25) is 0 Å². The van der Waals surface area contributed by atoms with Gasteiger partial charge in [0.15, 0.2) is 0 Å². The Morgan fingerprint density at radius 3 is 2.47 bits per heavy atom. The average molecular weight is 211 g/mol. The third-order valence-electron chi connectivity index (χ3n) is 4.15. The van der Waals surface area contributed by atoms with Gasteiger partial charge in [-0.15, -0.1) is 0 Å². The van der Waals surface area contributed by atoms with Crippen LogP contribution in [0.15, 0.2) is 0 Å². The highest BCUT2D eigenvalue weighted by atomic mass is 16.3. The fourth-order valence-corrected chi connectivity index (χ4v) is 3.19. The Bertz CT molecular complexity index is 215. The van der Waals surface area contributed by atoms with E-state index in [1.165, 1.54) is 32.1 Å². The SMILES string of the molecule is CC1(C)CCC(N[C@H]2CCCC[C@@H]2O)C1. The van der Waals surface area contributed by atoms with E-state index in [4.69, 9.17) is 0 Å². The Morgan fingerprint density at radius 1 is 1.13 bits per heavy atom. The summed E-state index contributed by atoms with van der Waals surface area (Å²) in [7, 11) is 0. The van der Waals surface area contributed by atoms with Crippen LogP contribution in [0.1, 0.15) is 58.8 Å². The lowest BCUT2D eigenvalue weighted by Gasteiger charge is -2.31. The molecule has 2 aliphatic carbocycles. The lowest BCUT2D eigenvalue weighted by atomic mass is 9.90. The van der Waals surface area contributed by atoms with Gasteiger partial charge in [-0.05, 0) is 37.5 Å². The third kappa shape index (κ3) is 2.94. The van der Waals surface area contributed by atoms with Crippen LogP contribution in [0.3, 0.4) is 0 Å². The molecular weight excluding hydrogens is 186 g/mol. The van der Waals surface area contributed by atoms with E-state index < -0.39 is 0 Å². The standard InChI is InChI=1S/C13H25NO/c1-13(2)8-7-10(9-13)14-11-5-3-4-6-12(11)15/h10-12,14-15H,3-9H2,1-2H3/t10?,11-,12-/m0/s1. The summed E-state index contributed by atoms with van der Waals surface area (Å²) in [6, 6.07) is 1.02. The summed E-state index contributed by atoms with van der Waals surface area (Å²) in [4.78, 5) is 0. The van der Waals surface area contributed by atoms with Crippen LogP contribution in [0, 0.1) is 5.41 Å². The number of aliphatic hydroxyl groups excluding tert-OH is 1. The van der Waals surface area contributed by atoms with Crippen molar-refractivity contribution >= 4 is 0 Å². The number of hydrogen-bond donors (Lipinski definition) is 2. The van der Waals surface area contributed by atoms with Crippen LogP contribution in [0.25, 0.3) is 0 Å². The summed E-state index contributed by atoms with van der Waals surface area (Å²) >= 11 is 0. The molecule has 0 heterocycles. The van der Waals surface area contributed by atoms with Gasteiger partial charge >= 0.3 is 0 Å². The Labute approximate surface area is 93.5 Å². The molecule has 2 N–H and O–H groups in total. The molecule has 3 atom stereocenters. The van der Waals surface area contributed by atoms with Crippen LogP contribution in [-0.4, -0.2) is 23.3 Å². The molecule has 0 aromatic rings. The van der Waals surface area contributed by atoms with Gasteiger partial charge in [-0.2, -0.15) is 0 Å². The van der Waals surface area contributed by atoms with Crippen LogP contribution in [0.2, 0.25) is 0 Å². The average Bonchev–Trinajstić information content (AvgIpc) is 2.50. The molecule has 15 heavy (non-hydrogen) atoms. The lowest BCUT2D eigenvalue weighted by molar-refractivity contribution is 0.0844. The molecule has 0 spiro atoms. The topological polar surface area (TPSA) is 32.3 Å². The maximum absolute atomic E-state index is 9.90. The molecule has 2 nitrogen and oxygen atoms in total. The van der Waals surface area contributed by atoms with Crippen molar-refractivity contribution in [2.75, 3.05) is 0 Å². The van der Waals surface area contributed by atoms with Gasteiger partial charge < -0.3 is 10.4 Å². The maximum atomic E-state index is 9.90. The van der Waals surface area contributed by atoms with E-state index in [2.05, 4.69) is 19.2 Å². The Morgan fingerprint density at radius 2 is 1.87 bits per heavy atom. The van der Waals surface area contributed by atoms with Gasteiger partial charge in [0.1, 0.15) is 0 Å². The van der Waals surface area contributed by atoms with Gasteiger partial charge in [-0.25, -0.2) is 0 Å². The van der Waals surface area contributed by atoms with Gasteiger partial charge in [0.05, 0.1) is 6.10 Å². The first-order valence-corrected chi connectivity index (χ1v) is 6.51. The Kier molecular flexibility index (Phi) is 3.36. The summed E-state index contributed by atoms with van der Waals surface area (Å²) in [5.74, 6) is 0. The van der Waals surface area contributed by atoms with Crippen LogP contribution in [0.5, 0.6) is 0 Å². The molecule has 0 bridgehead atoms. The molecule has 2 saturated carbocycles. The molecule has 0 aromatic carbocycles. The fourth-order valence-electron chi connectivity index (χ4n) is 3.19. The first-order valence-electron chi connectivity index (χ1n) is 6.51. The summed E-state index contributed by atoms with van der Waals surface area (Å²) in [6.45, 7) is 4.71. The van der Waals surface area contributed by atoms with Crippen molar-refractivity contribution < 1.29 is 5.11 Å². The molecule has 0 saturated heterocycles. The maximum Gasteiger partial charge on any atom is 0.0693 e. The van der Waals surface area contributed by atoms with Crippen LogP contribution >= 0.6 is 0 Å². The largest absolute Gasteiger partial charge is 0.392 e. The summed E-state index contributed by atoms with van der Waals surface area (Å²) < 4.78 is 0. The summed E-state index contributed by atoms with van der Waals surface area (Å²) in [6.07, 6.45) is 8.44. The molecule has 2 fully saturated rings. The zero-order valence-electron chi connectivity index (χ0n) is 10.1. The molecule has 2 aliphatic rings. The predicted octanol–water partition coefficient (Wildman–Crippen LogP) is 2.46. The molecule has 0 aromatic heterocycles. The second-order valence-electron chi connectivity index (χ2n) is 6.23. The van der Waals surface area contributed by atoms with Gasteiger partial charge in [0, 0.05) is 12.1 Å². The molecule has 0 aliphatic heterocycles. The molecular formula is C13H25NO. The molecule has 1 unspecified atom stereocenters. The van der Waals surface area contributed by atoms with Crippen molar-refractivity contribution in [2.45, 2.75) is 77.0 Å². The van der Waals surface area contributed by atoms with Crippen molar-refractivity contribution in [3.8, 4) is 0 Å². The highest BCUT2D eigenvalue weighted by Gasteiger charge is 2.33. The van der Waals surface area contributed by atoms with E-state index in [-0.39, 0.29) is 6.10 Å². The van der Waals surface area contributed by atoms with Gasteiger partial charge in [0.25, 0.3) is 0 Å². The van der Waals surface area contributed by atoms with Crippen molar-refractivity contribution in [1.82, 2.24) is 5.32 Å². The number of rotatable bonds is 2. The second-order valence-corrected chi connectivity index (χ2v) is 6.23. The minimum atomic E-state index is -0.0949. The molecule has 0 amide bonds. The van der Waals surface area contributed by atoms with E-state index in [1.807, 2.05) is 0 Å². The van der Waals surface area contributed by atoms with Gasteiger partial charge in [-0.1, -0.05) is 26.7 Å². The van der Waals surface area contributed by atoms with E-state index >= 15 is 0 Å². The van der Waals surface area contributed by atoms with E-state index in [1.54, 1.807) is 0 Å². The normalized spacial score (nSPS) is 40.6. The zero-order chi connectivity index (χ0) is 10.9. The third-order valence-corrected chi connectivity index (χ3v) is 4.15. The quantitative estimate of drug-likeness (QED) is 0.735. The second kappa shape index (κ2) is 4.42. The van der Waals surface area contributed by atoms with Crippen molar-refractivity contribution in [2.24, 2.45) is 5.41 Å². The smallest absolute Gasteiger partial charge is 0.0693 e. The van der Waals surface area contributed by atoms with Crippen LogP contribution in [-0.2, 0) is 0 Å². The number of aliphatic hydroxyl groups is 1. The monoisotopic (exact) mass is 211 g/mol. The van der Waals surface area contributed by atoms with E-state index in [0.29, 0.717) is 17.5 Å². The minimum Gasteiger partial charge on any atom is -0.392 e. The highest BCUT2D eigenvalue weighted by molar-refractivity contribution is 4.90. The fraction of sp³-hybridized carbons (Fsp3) is 1.00. The highest BCUT2D eigenvalue weighted by Crippen LogP contribution is 2.37. The summed E-state index contributed by atoms with van der Waals surface area (Å²) in [5, 5.41) is 13.6. The molecule has 2 heteroatoms. The Hall–Kier alpha value is -0.0800. The van der Waals surface area contributed by atoms with E-state index in [0.717, 1.165) is 12.8 Å². The molecule has 0 radical (unpaired) electrons.